The molecule has 0 radical (unpaired) electrons. The minimum Gasteiger partial charge on any atom is -0.387 e. The van der Waals surface area contributed by atoms with Crippen molar-refractivity contribution in [2.24, 2.45) is 0 Å². The topological polar surface area (TPSA) is 41.7 Å². The summed E-state index contributed by atoms with van der Waals surface area (Å²) in [6, 6.07) is 0.695. The Morgan fingerprint density at radius 1 is 1.38 bits per heavy atom. The van der Waals surface area contributed by atoms with Gasteiger partial charge < -0.3 is 14.6 Å². The van der Waals surface area contributed by atoms with E-state index in [2.05, 4.69) is 4.90 Å². The van der Waals surface area contributed by atoms with Gasteiger partial charge in [-0.05, 0) is 0 Å². The maximum Gasteiger partial charge on any atom is 0.100 e. The molecule has 1 aliphatic carbocycles. The lowest BCUT2D eigenvalue weighted by Gasteiger charge is -2.08. The normalized spacial score (nSPS) is 40.8. The van der Waals surface area contributed by atoms with Gasteiger partial charge in [0.25, 0.3) is 0 Å². The quantitative estimate of drug-likeness (QED) is 0.359. The molecule has 13 heavy (non-hydrogen) atoms. The van der Waals surface area contributed by atoms with Crippen LogP contribution in [0.1, 0.15) is 0 Å². The van der Waals surface area contributed by atoms with Crippen molar-refractivity contribution in [3.05, 3.63) is 12.2 Å². The molecule has 1 saturated heterocycles. The van der Waals surface area contributed by atoms with Gasteiger partial charge in [0.2, 0.25) is 0 Å². The number of ether oxygens (including phenoxy) is 2. The van der Waals surface area contributed by atoms with Gasteiger partial charge in [0, 0.05) is 13.2 Å². The van der Waals surface area contributed by atoms with Crippen LogP contribution in [0, 0.1) is 0 Å². The molecule has 0 aromatic heterocycles. The number of fused-ring (bicyclic) bond motifs is 1. The zero-order valence-corrected chi connectivity index (χ0v) is 7.72. The van der Waals surface area contributed by atoms with Crippen LogP contribution in [0.4, 0.5) is 0 Å². The Morgan fingerprint density at radius 2 is 2.23 bits per heavy atom. The van der Waals surface area contributed by atoms with E-state index in [1.807, 2.05) is 12.2 Å². The Hall–Kier alpha value is -0.420. The van der Waals surface area contributed by atoms with Crippen molar-refractivity contribution in [2.75, 3.05) is 27.1 Å². The first-order chi connectivity index (χ1) is 6.34. The lowest BCUT2D eigenvalue weighted by molar-refractivity contribution is 0.0292. The van der Waals surface area contributed by atoms with Crippen LogP contribution in [0.3, 0.4) is 0 Å². The number of methoxy groups -OCH3 is 1. The lowest BCUT2D eigenvalue weighted by atomic mass is 10.3. The van der Waals surface area contributed by atoms with E-state index in [1.54, 1.807) is 7.11 Å². The van der Waals surface area contributed by atoms with Crippen LogP contribution in [0.25, 0.3) is 0 Å². The zero-order chi connectivity index (χ0) is 9.26. The highest BCUT2D eigenvalue weighted by Gasteiger charge is 2.52. The molecule has 4 nitrogen and oxygen atoms in total. The molecule has 1 unspecified atom stereocenters. The third-order valence-corrected chi connectivity index (χ3v) is 2.55. The molecule has 0 aromatic rings. The first-order valence-electron chi connectivity index (χ1n) is 4.53. The third kappa shape index (κ3) is 1.76. The van der Waals surface area contributed by atoms with E-state index in [0.29, 0.717) is 26.0 Å². The highest BCUT2D eigenvalue weighted by atomic mass is 16.5. The number of rotatable bonds is 5. The smallest absolute Gasteiger partial charge is 0.100 e. The molecule has 1 aliphatic heterocycles. The van der Waals surface area contributed by atoms with E-state index in [-0.39, 0.29) is 12.1 Å². The molecular weight excluding hydrogens is 170 g/mol. The van der Waals surface area contributed by atoms with E-state index >= 15 is 0 Å². The summed E-state index contributed by atoms with van der Waals surface area (Å²) in [6.07, 6.45) is 3.59. The molecule has 74 valence electrons. The summed E-state index contributed by atoms with van der Waals surface area (Å²) >= 11 is 0. The van der Waals surface area contributed by atoms with Gasteiger partial charge in [-0.1, -0.05) is 12.2 Å². The van der Waals surface area contributed by atoms with Crippen LogP contribution in [-0.2, 0) is 9.47 Å². The minimum atomic E-state index is -0.295. The maximum atomic E-state index is 9.40. The fraction of sp³-hybridized carbons (Fsp3) is 0.778. The van der Waals surface area contributed by atoms with Gasteiger partial charge in [-0.25, -0.2) is 0 Å². The molecule has 1 heterocycles. The molecule has 0 amide bonds. The zero-order valence-electron chi connectivity index (χ0n) is 7.72. The van der Waals surface area contributed by atoms with Crippen molar-refractivity contribution < 1.29 is 14.6 Å². The van der Waals surface area contributed by atoms with Crippen LogP contribution in [-0.4, -0.2) is 55.2 Å². The van der Waals surface area contributed by atoms with Crippen LogP contribution in [0.2, 0.25) is 0 Å². The Morgan fingerprint density at radius 3 is 2.85 bits per heavy atom. The summed E-state index contributed by atoms with van der Waals surface area (Å²) in [5.41, 5.74) is 0. The third-order valence-electron chi connectivity index (χ3n) is 2.55. The van der Waals surface area contributed by atoms with E-state index in [9.17, 15) is 5.11 Å². The number of hydrogen-bond donors (Lipinski definition) is 1. The Bertz CT molecular complexity index is 207. The largest absolute Gasteiger partial charge is 0.387 e. The second-order valence-corrected chi connectivity index (χ2v) is 3.40. The molecule has 0 spiro atoms. The molecular formula is C9H15NO3. The van der Waals surface area contributed by atoms with Crippen LogP contribution in [0.5, 0.6) is 0 Å². The van der Waals surface area contributed by atoms with Crippen LogP contribution < -0.4 is 0 Å². The van der Waals surface area contributed by atoms with Gasteiger partial charge in [0.05, 0.1) is 25.4 Å². The number of nitrogens with zero attached hydrogens (tertiary/aromatic N) is 1. The van der Waals surface area contributed by atoms with Gasteiger partial charge in [-0.3, -0.25) is 4.90 Å². The molecule has 0 aromatic carbocycles. The van der Waals surface area contributed by atoms with Crippen molar-refractivity contribution in [3.63, 3.8) is 0 Å². The summed E-state index contributed by atoms with van der Waals surface area (Å²) in [7, 11) is 1.65. The molecule has 2 aliphatic rings. The van der Waals surface area contributed by atoms with Crippen molar-refractivity contribution in [2.45, 2.75) is 18.2 Å². The highest BCUT2D eigenvalue weighted by Crippen LogP contribution is 2.37. The molecule has 0 saturated carbocycles. The monoisotopic (exact) mass is 185 g/mol. The van der Waals surface area contributed by atoms with Gasteiger partial charge in [0.15, 0.2) is 0 Å². The fourth-order valence-electron chi connectivity index (χ4n) is 1.77. The van der Waals surface area contributed by atoms with Crippen molar-refractivity contribution >= 4 is 0 Å². The van der Waals surface area contributed by atoms with E-state index in [0.717, 1.165) is 0 Å². The SMILES string of the molecule is COCCOCN1[C@@H]2[C@@H](O)C=C[C@@H]21. The average Bonchev–Trinajstić information content (AvgIpc) is 2.69. The summed E-state index contributed by atoms with van der Waals surface area (Å²) < 4.78 is 10.2. The summed E-state index contributed by atoms with van der Waals surface area (Å²) in [5.74, 6) is 0. The first-order valence-corrected chi connectivity index (χ1v) is 4.53. The number of hydrogen-bond acceptors (Lipinski definition) is 4. The Balaban J connectivity index is 1.61. The van der Waals surface area contributed by atoms with Gasteiger partial charge in [-0.15, -0.1) is 0 Å². The van der Waals surface area contributed by atoms with Gasteiger partial charge in [0.1, 0.15) is 6.73 Å². The molecule has 4 heteroatoms. The van der Waals surface area contributed by atoms with Gasteiger partial charge >= 0.3 is 0 Å². The second kappa shape index (κ2) is 3.75. The molecule has 2 rings (SSSR count). The molecule has 4 atom stereocenters. The van der Waals surface area contributed by atoms with Crippen molar-refractivity contribution in [1.82, 2.24) is 4.90 Å². The lowest BCUT2D eigenvalue weighted by Crippen LogP contribution is -2.19. The maximum absolute atomic E-state index is 9.40. The van der Waals surface area contributed by atoms with Crippen LogP contribution in [0.15, 0.2) is 12.2 Å². The number of aliphatic hydroxyl groups excluding tert-OH is 1. The second-order valence-electron chi connectivity index (χ2n) is 3.40. The standard InChI is InChI=1S/C9H15NO3/c1-12-4-5-13-6-10-7-2-3-8(11)9(7)10/h2-3,7-9,11H,4-6H2,1H3/t7-,8-,9-,10?/m0/s1. The van der Waals surface area contributed by atoms with Crippen LogP contribution >= 0.6 is 0 Å². The fourth-order valence-corrected chi connectivity index (χ4v) is 1.77. The van der Waals surface area contributed by atoms with Crippen molar-refractivity contribution in [3.8, 4) is 0 Å². The van der Waals surface area contributed by atoms with Gasteiger partial charge in [-0.2, -0.15) is 0 Å². The predicted octanol–water partition coefficient (Wildman–Crippen LogP) is -0.410. The Labute approximate surface area is 77.7 Å². The predicted molar refractivity (Wildman–Crippen MR) is 47.3 cm³/mol. The number of aliphatic hydroxyl groups is 1. The molecule has 1 N–H and O–H groups in total. The summed E-state index contributed by atoms with van der Waals surface area (Å²) in [5, 5.41) is 9.40. The van der Waals surface area contributed by atoms with E-state index in [4.69, 9.17) is 9.47 Å². The molecule has 0 bridgehead atoms. The van der Waals surface area contributed by atoms with E-state index < -0.39 is 0 Å². The first kappa shape index (κ1) is 9.15. The average molecular weight is 185 g/mol. The highest BCUT2D eigenvalue weighted by molar-refractivity contribution is 5.26. The minimum absolute atomic E-state index is 0.280. The van der Waals surface area contributed by atoms with E-state index in [1.165, 1.54) is 0 Å². The van der Waals surface area contributed by atoms with Crippen molar-refractivity contribution in [1.29, 1.82) is 0 Å². The molecule has 1 fully saturated rings. The Kier molecular flexibility index (Phi) is 2.64. The summed E-state index contributed by atoms with van der Waals surface area (Å²) in [6.45, 7) is 1.84. The summed E-state index contributed by atoms with van der Waals surface area (Å²) in [4.78, 5) is 2.13.